The van der Waals surface area contributed by atoms with Gasteiger partial charge in [-0.3, -0.25) is 9.59 Å². The van der Waals surface area contributed by atoms with Crippen LogP contribution in [-0.4, -0.2) is 48.6 Å². The number of piperidine rings is 1. The van der Waals surface area contributed by atoms with Crippen molar-refractivity contribution in [2.75, 3.05) is 19.7 Å². The topological polar surface area (TPSA) is 58.6 Å². The van der Waals surface area contributed by atoms with E-state index in [1.165, 1.54) is 0 Å². The maximum absolute atomic E-state index is 12.5. The minimum Gasteiger partial charge on any atom is -0.368 e. The molecule has 2 amide bonds. The summed E-state index contributed by atoms with van der Waals surface area (Å²) >= 11 is 6.09. The van der Waals surface area contributed by atoms with Gasteiger partial charge in [-0.25, -0.2) is 0 Å². The van der Waals surface area contributed by atoms with Crippen LogP contribution in [-0.2, 0) is 9.53 Å². The highest BCUT2D eigenvalue weighted by Crippen LogP contribution is 2.20. The summed E-state index contributed by atoms with van der Waals surface area (Å²) in [4.78, 5) is 26.4. The van der Waals surface area contributed by atoms with Gasteiger partial charge in [0.05, 0.1) is 10.6 Å². The molecule has 0 aromatic heterocycles. The molecule has 2 saturated heterocycles. The van der Waals surface area contributed by atoms with Crippen LogP contribution >= 0.6 is 11.6 Å². The van der Waals surface area contributed by atoms with Gasteiger partial charge in [-0.1, -0.05) is 23.7 Å². The second-order valence-electron chi connectivity index (χ2n) is 6.06. The molecule has 0 aliphatic carbocycles. The maximum Gasteiger partial charge on any atom is 0.255 e. The lowest BCUT2D eigenvalue weighted by Crippen LogP contribution is -2.48. The minimum absolute atomic E-state index is 0.0154. The molecule has 1 unspecified atom stereocenters. The van der Waals surface area contributed by atoms with Gasteiger partial charge >= 0.3 is 0 Å². The molecule has 2 aliphatic heterocycles. The van der Waals surface area contributed by atoms with Crippen LogP contribution in [0.15, 0.2) is 24.3 Å². The van der Waals surface area contributed by atoms with E-state index < -0.39 is 0 Å². The van der Waals surface area contributed by atoms with Crippen LogP contribution in [0.3, 0.4) is 0 Å². The third-order valence-electron chi connectivity index (χ3n) is 4.45. The number of rotatable bonds is 3. The molecule has 2 aliphatic rings. The molecular weight excluding hydrogens is 316 g/mol. The van der Waals surface area contributed by atoms with Crippen molar-refractivity contribution in [3.05, 3.63) is 34.9 Å². The zero-order valence-electron chi connectivity index (χ0n) is 13.0. The van der Waals surface area contributed by atoms with Crippen LogP contribution < -0.4 is 5.32 Å². The Kier molecular flexibility index (Phi) is 5.18. The summed E-state index contributed by atoms with van der Waals surface area (Å²) in [6, 6.07) is 7.21. The smallest absolute Gasteiger partial charge is 0.255 e. The maximum atomic E-state index is 12.5. The van der Waals surface area contributed by atoms with Gasteiger partial charge in [0.15, 0.2) is 0 Å². The first-order valence-electron chi connectivity index (χ1n) is 8.11. The SMILES string of the molecule is O=C(NC1CCN(C(=O)c2ccccc2Cl)CC1)C1CCCO1. The van der Waals surface area contributed by atoms with Gasteiger partial charge < -0.3 is 15.0 Å². The average molecular weight is 337 g/mol. The average Bonchev–Trinajstić information content (AvgIpc) is 3.10. The Morgan fingerprint density at radius 1 is 1.17 bits per heavy atom. The highest BCUT2D eigenvalue weighted by atomic mass is 35.5. The number of benzene rings is 1. The fourth-order valence-electron chi connectivity index (χ4n) is 3.11. The van der Waals surface area contributed by atoms with E-state index in [2.05, 4.69) is 5.32 Å². The highest BCUT2D eigenvalue weighted by Gasteiger charge is 2.29. The van der Waals surface area contributed by atoms with Crippen molar-refractivity contribution < 1.29 is 14.3 Å². The summed E-state index contributed by atoms with van der Waals surface area (Å²) in [7, 11) is 0. The third-order valence-corrected chi connectivity index (χ3v) is 4.78. The van der Waals surface area contributed by atoms with E-state index in [1.807, 2.05) is 12.1 Å². The number of halogens is 1. The molecular formula is C17H21ClN2O3. The van der Waals surface area contributed by atoms with Crippen molar-refractivity contribution in [3.63, 3.8) is 0 Å². The van der Waals surface area contributed by atoms with Crippen LogP contribution in [0, 0.1) is 0 Å². The Labute approximate surface area is 140 Å². The number of amides is 2. The Bertz CT molecular complexity index is 579. The van der Waals surface area contributed by atoms with Crippen molar-refractivity contribution >= 4 is 23.4 Å². The van der Waals surface area contributed by atoms with Crippen molar-refractivity contribution in [1.82, 2.24) is 10.2 Å². The molecule has 23 heavy (non-hydrogen) atoms. The third kappa shape index (κ3) is 3.85. The lowest BCUT2D eigenvalue weighted by Gasteiger charge is -2.33. The molecule has 0 bridgehead atoms. The molecule has 2 heterocycles. The van der Waals surface area contributed by atoms with Crippen LogP contribution in [0.1, 0.15) is 36.0 Å². The number of likely N-dealkylation sites (tertiary alicyclic amines) is 1. The normalized spacial score (nSPS) is 22.1. The molecule has 1 aromatic carbocycles. The summed E-state index contributed by atoms with van der Waals surface area (Å²) in [5.74, 6) is -0.0575. The Balaban J connectivity index is 1.51. The van der Waals surface area contributed by atoms with Crippen LogP contribution in [0.4, 0.5) is 0 Å². The summed E-state index contributed by atoms with van der Waals surface area (Å²) in [6.07, 6.45) is 2.97. The fraction of sp³-hybridized carbons (Fsp3) is 0.529. The molecule has 6 heteroatoms. The molecule has 1 atom stereocenters. The predicted molar refractivity (Wildman–Crippen MR) is 87.5 cm³/mol. The number of nitrogens with zero attached hydrogens (tertiary/aromatic N) is 1. The highest BCUT2D eigenvalue weighted by molar-refractivity contribution is 6.33. The summed E-state index contributed by atoms with van der Waals surface area (Å²) in [5, 5.41) is 3.52. The number of hydrogen-bond acceptors (Lipinski definition) is 3. The predicted octanol–water partition coefficient (Wildman–Crippen LogP) is 2.24. The standard InChI is InChI=1S/C17H21ClN2O3/c18-14-5-2-1-4-13(14)17(22)20-9-7-12(8-10-20)19-16(21)15-6-3-11-23-15/h1-2,4-5,12,15H,3,6-11H2,(H,19,21). The van der Waals surface area contributed by atoms with E-state index in [-0.39, 0.29) is 24.0 Å². The van der Waals surface area contributed by atoms with Crippen molar-refractivity contribution in [3.8, 4) is 0 Å². The molecule has 1 N–H and O–H groups in total. The molecule has 1 aromatic rings. The van der Waals surface area contributed by atoms with E-state index in [4.69, 9.17) is 16.3 Å². The van der Waals surface area contributed by atoms with Gasteiger partial charge in [0.2, 0.25) is 5.91 Å². The first kappa shape index (κ1) is 16.3. The van der Waals surface area contributed by atoms with E-state index >= 15 is 0 Å². The second kappa shape index (κ2) is 7.32. The Morgan fingerprint density at radius 3 is 2.57 bits per heavy atom. The van der Waals surface area contributed by atoms with E-state index in [1.54, 1.807) is 17.0 Å². The van der Waals surface area contributed by atoms with Gasteiger partial charge in [0.25, 0.3) is 5.91 Å². The Hall–Kier alpha value is -1.59. The quantitative estimate of drug-likeness (QED) is 0.921. The first-order chi connectivity index (χ1) is 11.1. The molecule has 3 rings (SSSR count). The monoisotopic (exact) mass is 336 g/mol. The van der Waals surface area contributed by atoms with Crippen LogP contribution in [0.5, 0.6) is 0 Å². The summed E-state index contributed by atoms with van der Waals surface area (Å²) < 4.78 is 5.40. The molecule has 0 radical (unpaired) electrons. The Morgan fingerprint density at radius 2 is 1.91 bits per heavy atom. The van der Waals surface area contributed by atoms with Crippen LogP contribution in [0.25, 0.3) is 0 Å². The van der Waals surface area contributed by atoms with Gasteiger partial charge in [0, 0.05) is 25.7 Å². The fourth-order valence-corrected chi connectivity index (χ4v) is 3.33. The van der Waals surface area contributed by atoms with Gasteiger partial charge in [-0.05, 0) is 37.8 Å². The van der Waals surface area contributed by atoms with Gasteiger partial charge in [-0.2, -0.15) is 0 Å². The van der Waals surface area contributed by atoms with Crippen molar-refractivity contribution in [2.24, 2.45) is 0 Å². The molecule has 124 valence electrons. The zero-order valence-corrected chi connectivity index (χ0v) is 13.7. The number of nitrogens with one attached hydrogen (secondary N) is 1. The van der Waals surface area contributed by atoms with Gasteiger partial charge in [0.1, 0.15) is 6.10 Å². The molecule has 2 fully saturated rings. The summed E-state index contributed by atoms with van der Waals surface area (Å²) in [6.45, 7) is 1.92. The number of ether oxygens (including phenoxy) is 1. The zero-order chi connectivity index (χ0) is 16.2. The van der Waals surface area contributed by atoms with Gasteiger partial charge in [-0.15, -0.1) is 0 Å². The van der Waals surface area contributed by atoms with Crippen molar-refractivity contribution in [1.29, 1.82) is 0 Å². The molecule has 0 saturated carbocycles. The lowest BCUT2D eigenvalue weighted by atomic mass is 10.0. The van der Waals surface area contributed by atoms with Crippen molar-refractivity contribution in [2.45, 2.75) is 37.8 Å². The molecule has 0 spiro atoms. The molecule has 5 nitrogen and oxygen atoms in total. The number of carbonyl (C=O) groups is 2. The van der Waals surface area contributed by atoms with E-state index in [0.29, 0.717) is 30.3 Å². The second-order valence-corrected chi connectivity index (χ2v) is 6.46. The lowest BCUT2D eigenvalue weighted by molar-refractivity contribution is -0.131. The summed E-state index contributed by atoms with van der Waals surface area (Å²) in [5.41, 5.74) is 0.538. The first-order valence-corrected chi connectivity index (χ1v) is 8.49. The van der Waals surface area contributed by atoms with Crippen LogP contribution in [0.2, 0.25) is 5.02 Å². The number of hydrogen-bond donors (Lipinski definition) is 1. The minimum atomic E-state index is -0.294. The largest absolute Gasteiger partial charge is 0.368 e. The van der Waals surface area contributed by atoms with E-state index in [0.717, 1.165) is 25.7 Å². The van der Waals surface area contributed by atoms with E-state index in [9.17, 15) is 9.59 Å². The number of carbonyl (C=O) groups excluding carboxylic acids is 2.